The van der Waals surface area contributed by atoms with Crippen LogP contribution in [-0.2, 0) is 22.9 Å². The number of fused-ring (bicyclic) bond motifs is 1. The van der Waals surface area contributed by atoms with Crippen molar-refractivity contribution in [1.29, 1.82) is 5.26 Å². The molecule has 9 heteroatoms. The Balaban J connectivity index is 1.62. The first-order valence-electron chi connectivity index (χ1n) is 9.57. The van der Waals surface area contributed by atoms with E-state index in [1.54, 1.807) is 0 Å². The van der Waals surface area contributed by atoms with Gasteiger partial charge in [-0.1, -0.05) is 6.42 Å². The summed E-state index contributed by atoms with van der Waals surface area (Å²) in [6.45, 7) is 0.703. The number of nitrogens with zero attached hydrogens (tertiary/aromatic N) is 2. The van der Waals surface area contributed by atoms with E-state index in [9.17, 15) is 22.9 Å². The maximum Gasteiger partial charge on any atom is 0.256 e. The van der Waals surface area contributed by atoms with Gasteiger partial charge in [0.05, 0.1) is 5.56 Å². The van der Waals surface area contributed by atoms with Crippen molar-refractivity contribution in [1.82, 2.24) is 4.31 Å². The lowest BCUT2D eigenvalue weighted by Gasteiger charge is -2.26. The predicted octanol–water partition coefficient (Wildman–Crippen LogP) is 3.67. The number of rotatable bonds is 4. The molecule has 1 amide bonds. The van der Waals surface area contributed by atoms with Crippen LogP contribution in [0.2, 0.25) is 0 Å². The van der Waals surface area contributed by atoms with Crippen LogP contribution in [0.5, 0.6) is 0 Å². The monoisotopic (exact) mass is 433 g/mol. The zero-order valence-corrected chi connectivity index (χ0v) is 17.3. The van der Waals surface area contributed by atoms with Gasteiger partial charge in [-0.15, -0.1) is 11.3 Å². The van der Waals surface area contributed by atoms with Crippen molar-refractivity contribution >= 4 is 32.3 Å². The summed E-state index contributed by atoms with van der Waals surface area (Å²) in [6.07, 6.45) is 5.13. The number of carbonyl (C=O) groups is 1. The van der Waals surface area contributed by atoms with Crippen LogP contribution in [0.15, 0.2) is 23.1 Å². The number of hydrogen-bond acceptors (Lipinski definition) is 5. The van der Waals surface area contributed by atoms with Gasteiger partial charge < -0.3 is 5.32 Å². The number of piperidine rings is 1. The fourth-order valence-corrected chi connectivity index (χ4v) is 6.71. The molecule has 29 heavy (non-hydrogen) atoms. The zero-order valence-electron chi connectivity index (χ0n) is 15.7. The van der Waals surface area contributed by atoms with Crippen LogP contribution in [0.3, 0.4) is 0 Å². The van der Waals surface area contributed by atoms with Crippen molar-refractivity contribution in [2.75, 3.05) is 18.4 Å². The van der Waals surface area contributed by atoms with Crippen molar-refractivity contribution in [2.45, 2.75) is 43.4 Å². The number of anilines is 1. The molecular weight excluding hydrogens is 413 g/mol. The summed E-state index contributed by atoms with van der Waals surface area (Å²) in [5, 5.41) is 12.6. The highest BCUT2D eigenvalue weighted by Gasteiger charge is 2.30. The van der Waals surface area contributed by atoms with E-state index >= 15 is 0 Å². The van der Waals surface area contributed by atoms with Gasteiger partial charge in [-0.25, -0.2) is 12.8 Å². The molecule has 152 valence electrons. The second kappa shape index (κ2) is 7.86. The molecule has 2 heterocycles. The van der Waals surface area contributed by atoms with Gasteiger partial charge in [0.15, 0.2) is 0 Å². The Hall–Kier alpha value is -2.28. The minimum absolute atomic E-state index is 0.0411. The van der Waals surface area contributed by atoms with Crippen molar-refractivity contribution in [2.24, 2.45) is 0 Å². The van der Waals surface area contributed by atoms with Crippen molar-refractivity contribution in [3.63, 3.8) is 0 Å². The lowest BCUT2D eigenvalue weighted by atomic mass is 10.1. The maximum absolute atomic E-state index is 14.4. The molecule has 0 unspecified atom stereocenters. The molecule has 1 aromatic carbocycles. The van der Waals surface area contributed by atoms with Crippen LogP contribution in [0.25, 0.3) is 0 Å². The first-order valence-corrected chi connectivity index (χ1v) is 11.8. The quantitative estimate of drug-likeness (QED) is 0.796. The normalized spacial score (nSPS) is 17.0. The smallest absolute Gasteiger partial charge is 0.256 e. The third-order valence-electron chi connectivity index (χ3n) is 5.39. The number of sulfonamides is 1. The fourth-order valence-electron chi connectivity index (χ4n) is 3.87. The van der Waals surface area contributed by atoms with Gasteiger partial charge in [0.1, 0.15) is 21.8 Å². The minimum Gasteiger partial charge on any atom is -0.312 e. The molecule has 0 bridgehead atoms. The molecule has 0 atom stereocenters. The third kappa shape index (κ3) is 3.68. The van der Waals surface area contributed by atoms with E-state index in [4.69, 9.17) is 0 Å². The molecule has 2 aromatic rings. The summed E-state index contributed by atoms with van der Waals surface area (Å²) in [4.78, 5) is 13.3. The zero-order chi connectivity index (χ0) is 20.6. The first-order chi connectivity index (χ1) is 13.9. The predicted molar refractivity (Wildman–Crippen MR) is 108 cm³/mol. The van der Waals surface area contributed by atoms with E-state index in [0.29, 0.717) is 23.7 Å². The topological polar surface area (TPSA) is 90.3 Å². The van der Waals surface area contributed by atoms with Gasteiger partial charge in [0, 0.05) is 23.5 Å². The van der Waals surface area contributed by atoms with Gasteiger partial charge in [-0.05, 0) is 55.9 Å². The van der Waals surface area contributed by atoms with Crippen LogP contribution < -0.4 is 5.32 Å². The van der Waals surface area contributed by atoms with E-state index < -0.39 is 26.6 Å². The van der Waals surface area contributed by atoms with Crippen LogP contribution in [0.1, 0.15) is 52.0 Å². The molecule has 1 fully saturated rings. The molecule has 0 radical (unpaired) electrons. The summed E-state index contributed by atoms with van der Waals surface area (Å²) in [6, 6.07) is 5.50. The van der Waals surface area contributed by atoms with Crippen LogP contribution in [0, 0.1) is 17.1 Å². The average Bonchev–Trinajstić information content (AvgIpc) is 3.29. The summed E-state index contributed by atoms with van der Waals surface area (Å²) in [5.74, 6) is -1.43. The lowest BCUT2D eigenvalue weighted by molar-refractivity contribution is 0.102. The Morgan fingerprint density at radius 1 is 1.17 bits per heavy atom. The minimum atomic E-state index is -4.00. The van der Waals surface area contributed by atoms with E-state index in [0.717, 1.165) is 61.1 Å². The van der Waals surface area contributed by atoms with Gasteiger partial charge in [-0.2, -0.15) is 9.57 Å². The van der Waals surface area contributed by atoms with Crippen molar-refractivity contribution in [3.05, 3.63) is 45.6 Å². The molecule has 0 saturated carbocycles. The van der Waals surface area contributed by atoms with Crippen LogP contribution in [-0.4, -0.2) is 31.7 Å². The second-order valence-corrected chi connectivity index (χ2v) is 10.2. The third-order valence-corrected chi connectivity index (χ3v) is 8.51. The summed E-state index contributed by atoms with van der Waals surface area (Å²) in [7, 11) is -4.00. The van der Waals surface area contributed by atoms with Gasteiger partial charge in [-0.3, -0.25) is 4.79 Å². The van der Waals surface area contributed by atoms with Gasteiger partial charge >= 0.3 is 0 Å². The first kappa shape index (κ1) is 20.0. The highest BCUT2D eigenvalue weighted by atomic mass is 32.2. The molecule has 1 aliphatic heterocycles. The lowest BCUT2D eigenvalue weighted by Crippen LogP contribution is -2.36. The molecule has 0 spiro atoms. The largest absolute Gasteiger partial charge is 0.312 e. The van der Waals surface area contributed by atoms with Gasteiger partial charge in [0.2, 0.25) is 10.0 Å². The number of thiophene rings is 1. The molecule has 1 aromatic heterocycles. The average molecular weight is 434 g/mol. The number of hydrogen-bond donors (Lipinski definition) is 1. The molecule has 1 N–H and O–H groups in total. The molecule has 2 aliphatic rings. The Kier molecular flexibility index (Phi) is 5.42. The molecular formula is C20H20FN3O3S2. The number of nitrogens with one attached hydrogen (secondary N) is 1. The number of benzene rings is 1. The van der Waals surface area contributed by atoms with Crippen LogP contribution >= 0.6 is 11.3 Å². The Morgan fingerprint density at radius 3 is 2.66 bits per heavy atom. The number of halogens is 1. The molecule has 1 saturated heterocycles. The Bertz CT molecular complexity index is 1110. The fraction of sp³-hybridized carbons (Fsp3) is 0.400. The van der Waals surface area contributed by atoms with E-state index in [-0.39, 0.29) is 5.56 Å². The van der Waals surface area contributed by atoms with E-state index in [1.165, 1.54) is 21.7 Å². The molecule has 4 rings (SSSR count). The van der Waals surface area contributed by atoms with Crippen molar-refractivity contribution < 1.29 is 17.6 Å². The number of carbonyl (C=O) groups excluding carboxylic acids is 1. The Morgan fingerprint density at radius 2 is 1.93 bits per heavy atom. The van der Waals surface area contributed by atoms with E-state index in [2.05, 4.69) is 11.4 Å². The van der Waals surface area contributed by atoms with Crippen LogP contribution in [0.4, 0.5) is 9.39 Å². The summed E-state index contributed by atoms with van der Waals surface area (Å²) in [5.41, 5.74) is 1.50. The van der Waals surface area contributed by atoms with Gasteiger partial charge in [0.25, 0.3) is 5.91 Å². The SMILES string of the molecule is N#Cc1c(NC(=O)c2ccc(F)c(S(=O)(=O)N3CCCCC3)c2)sc2c1CCC2. The number of amides is 1. The summed E-state index contributed by atoms with van der Waals surface area (Å²) < 4.78 is 41.3. The molecule has 1 aliphatic carbocycles. The summed E-state index contributed by atoms with van der Waals surface area (Å²) >= 11 is 1.38. The van der Waals surface area contributed by atoms with E-state index in [1.807, 2.05) is 0 Å². The second-order valence-electron chi connectivity index (χ2n) is 7.24. The highest BCUT2D eigenvalue weighted by molar-refractivity contribution is 7.89. The standard InChI is InChI=1S/C20H20FN3O3S2/c21-16-8-7-13(11-18(16)29(26,27)24-9-2-1-3-10-24)19(25)23-20-15(12-22)14-5-4-6-17(14)28-20/h7-8,11H,1-6,9-10H2,(H,23,25). The highest BCUT2D eigenvalue weighted by Crippen LogP contribution is 2.38. The maximum atomic E-state index is 14.4. The van der Waals surface area contributed by atoms with Crippen molar-refractivity contribution in [3.8, 4) is 6.07 Å². The number of nitriles is 1. The molecule has 6 nitrogen and oxygen atoms in total. The number of aryl methyl sites for hydroxylation is 1. The Labute approximate surface area is 173 Å².